The molecule has 1 heteroatoms. The number of aliphatic hydroxyl groups is 1. The van der Waals surface area contributed by atoms with E-state index in [0.717, 1.165) is 12.8 Å². The quantitative estimate of drug-likeness (QED) is 0.774. The van der Waals surface area contributed by atoms with Gasteiger partial charge < -0.3 is 5.11 Å². The summed E-state index contributed by atoms with van der Waals surface area (Å²) in [6, 6.07) is 2.32. The molecule has 0 amide bonds. The molecule has 1 aliphatic carbocycles. The first-order valence-corrected chi connectivity index (χ1v) is 6.72. The number of hydrogen-bond acceptors (Lipinski definition) is 1. The zero-order valence-corrected chi connectivity index (χ0v) is 11.7. The maximum absolute atomic E-state index is 10.3. The Morgan fingerprint density at radius 3 is 2.53 bits per heavy atom. The average molecular weight is 232 g/mol. The molecule has 1 N–H and O–H groups in total. The van der Waals surface area contributed by atoms with Crippen LogP contribution in [0.15, 0.2) is 6.07 Å². The highest BCUT2D eigenvalue weighted by Crippen LogP contribution is 2.40. The van der Waals surface area contributed by atoms with Gasteiger partial charge in [0.1, 0.15) is 0 Å². The van der Waals surface area contributed by atoms with Gasteiger partial charge in [0.2, 0.25) is 0 Å². The van der Waals surface area contributed by atoms with Crippen molar-refractivity contribution in [2.24, 2.45) is 5.92 Å². The maximum Gasteiger partial charge on any atom is 0.0798 e. The second-order valence-electron chi connectivity index (χ2n) is 6.02. The zero-order chi connectivity index (χ0) is 12.7. The van der Waals surface area contributed by atoms with Crippen molar-refractivity contribution in [3.63, 3.8) is 0 Å². The molecule has 1 aromatic rings. The second kappa shape index (κ2) is 4.45. The van der Waals surface area contributed by atoms with E-state index >= 15 is 0 Å². The van der Waals surface area contributed by atoms with Crippen molar-refractivity contribution in [3.8, 4) is 0 Å². The molecule has 94 valence electrons. The van der Waals surface area contributed by atoms with Gasteiger partial charge in [0.05, 0.1) is 6.10 Å². The van der Waals surface area contributed by atoms with Crippen LogP contribution in [-0.2, 0) is 6.42 Å². The Morgan fingerprint density at radius 2 is 1.94 bits per heavy atom. The molecule has 0 saturated carbocycles. The van der Waals surface area contributed by atoms with Crippen LogP contribution >= 0.6 is 0 Å². The Morgan fingerprint density at radius 1 is 1.29 bits per heavy atom. The van der Waals surface area contributed by atoms with E-state index in [2.05, 4.69) is 40.7 Å². The van der Waals surface area contributed by atoms with Crippen molar-refractivity contribution in [1.82, 2.24) is 0 Å². The molecule has 0 aliphatic heterocycles. The molecule has 2 atom stereocenters. The molecule has 17 heavy (non-hydrogen) atoms. The normalized spacial score (nSPS) is 23.9. The predicted molar refractivity (Wildman–Crippen MR) is 72.4 cm³/mol. The van der Waals surface area contributed by atoms with Gasteiger partial charge >= 0.3 is 0 Å². The summed E-state index contributed by atoms with van der Waals surface area (Å²) in [6.45, 7) is 11.0. The Kier molecular flexibility index (Phi) is 3.31. The van der Waals surface area contributed by atoms with Crippen molar-refractivity contribution >= 4 is 0 Å². The van der Waals surface area contributed by atoms with E-state index in [0.29, 0.717) is 11.8 Å². The summed E-state index contributed by atoms with van der Waals surface area (Å²) in [5.74, 6) is 1.14. The van der Waals surface area contributed by atoms with Gasteiger partial charge in [-0.3, -0.25) is 0 Å². The Balaban J connectivity index is 2.66. The first kappa shape index (κ1) is 12.6. The fourth-order valence-corrected chi connectivity index (χ4v) is 3.15. The maximum atomic E-state index is 10.3. The van der Waals surface area contributed by atoms with Gasteiger partial charge in [-0.15, -0.1) is 0 Å². The van der Waals surface area contributed by atoms with Gasteiger partial charge in [0, 0.05) is 0 Å². The van der Waals surface area contributed by atoms with Crippen molar-refractivity contribution in [2.45, 2.75) is 59.5 Å². The molecule has 2 unspecified atom stereocenters. The van der Waals surface area contributed by atoms with Crippen LogP contribution in [0.3, 0.4) is 0 Å². The van der Waals surface area contributed by atoms with Crippen LogP contribution in [0.5, 0.6) is 0 Å². The van der Waals surface area contributed by atoms with E-state index < -0.39 is 0 Å². The number of rotatable bonds is 1. The molecule has 2 rings (SSSR count). The van der Waals surface area contributed by atoms with Crippen molar-refractivity contribution in [3.05, 3.63) is 33.9 Å². The van der Waals surface area contributed by atoms with Crippen LogP contribution < -0.4 is 0 Å². The molecular weight excluding hydrogens is 208 g/mol. The Bertz CT molecular complexity index is 432. The summed E-state index contributed by atoms with van der Waals surface area (Å²) in [6.07, 6.45) is 1.78. The molecule has 0 saturated heterocycles. The minimum Gasteiger partial charge on any atom is -0.388 e. The third kappa shape index (κ3) is 2.13. The van der Waals surface area contributed by atoms with E-state index in [-0.39, 0.29) is 6.10 Å². The molecule has 0 bridgehead atoms. The van der Waals surface area contributed by atoms with E-state index in [1.54, 1.807) is 0 Å². The summed E-state index contributed by atoms with van der Waals surface area (Å²) in [5, 5.41) is 10.3. The third-order valence-corrected chi connectivity index (χ3v) is 4.17. The topological polar surface area (TPSA) is 20.2 Å². The highest BCUT2D eigenvalue weighted by molar-refractivity contribution is 5.48. The minimum atomic E-state index is -0.258. The lowest BCUT2D eigenvalue weighted by Crippen LogP contribution is -2.20. The Labute approximate surface area is 105 Å². The molecule has 0 aromatic heterocycles. The van der Waals surface area contributed by atoms with Crippen LogP contribution in [0.2, 0.25) is 0 Å². The lowest BCUT2D eigenvalue weighted by Gasteiger charge is -2.32. The van der Waals surface area contributed by atoms with Gasteiger partial charge in [0.15, 0.2) is 0 Å². The van der Waals surface area contributed by atoms with Crippen molar-refractivity contribution in [1.29, 1.82) is 0 Å². The van der Waals surface area contributed by atoms with Crippen LogP contribution in [-0.4, -0.2) is 5.11 Å². The number of aryl methyl sites for hydroxylation is 1. The van der Waals surface area contributed by atoms with E-state index in [4.69, 9.17) is 0 Å². The first-order chi connectivity index (χ1) is 7.91. The van der Waals surface area contributed by atoms with Crippen molar-refractivity contribution < 1.29 is 5.11 Å². The monoisotopic (exact) mass is 232 g/mol. The summed E-state index contributed by atoms with van der Waals surface area (Å²) >= 11 is 0. The fraction of sp³-hybridized carbons (Fsp3) is 0.625. The largest absolute Gasteiger partial charge is 0.388 e. The van der Waals surface area contributed by atoms with Gasteiger partial charge in [-0.2, -0.15) is 0 Å². The number of hydrogen-bond donors (Lipinski definition) is 1. The van der Waals surface area contributed by atoms with Crippen molar-refractivity contribution in [2.75, 3.05) is 0 Å². The second-order valence-corrected chi connectivity index (χ2v) is 6.02. The fourth-order valence-electron chi connectivity index (χ4n) is 3.15. The molecule has 0 fully saturated rings. The molecular formula is C16H24O. The minimum absolute atomic E-state index is 0.258. The first-order valence-electron chi connectivity index (χ1n) is 6.72. The highest BCUT2D eigenvalue weighted by atomic mass is 16.3. The average Bonchev–Trinajstić information content (AvgIpc) is 2.21. The van der Waals surface area contributed by atoms with Crippen LogP contribution in [0, 0.1) is 19.8 Å². The van der Waals surface area contributed by atoms with E-state index in [1.165, 1.54) is 27.8 Å². The van der Waals surface area contributed by atoms with Crippen LogP contribution in [0.25, 0.3) is 0 Å². The number of aliphatic hydroxyl groups excluding tert-OH is 1. The number of fused-ring (bicyclic) bond motifs is 1. The third-order valence-electron chi connectivity index (χ3n) is 4.17. The molecule has 0 radical (unpaired) electrons. The number of benzene rings is 1. The van der Waals surface area contributed by atoms with Crippen LogP contribution in [0.4, 0.5) is 0 Å². The highest BCUT2D eigenvalue weighted by Gasteiger charge is 2.27. The molecule has 0 heterocycles. The summed E-state index contributed by atoms with van der Waals surface area (Å²) in [4.78, 5) is 0. The lowest BCUT2D eigenvalue weighted by atomic mass is 9.76. The smallest absolute Gasteiger partial charge is 0.0798 e. The molecule has 0 spiro atoms. The van der Waals surface area contributed by atoms with E-state index in [1.807, 2.05) is 0 Å². The summed E-state index contributed by atoms with van der Waals surface area (Å²) < 4.78 is 0. The van der Waals surface area contributed by atoms with Gasteiger partial charge in [-0.1, -0.05) is 26.8 Å². The zero-order valence-electron chi connectivity index (χ0n) is 11.7. The van der Waals surface area contributed by atoms with Crippen LogP contribution in [0.1, 0.15) is 67.0 Å². The van der Waals surface area contributed by atoms with Gasteiger partial charge in [0.25, 0.3) is 0 Å². The van der Waals surface area contributed by atoms with E-state index in [9.17, 15) is 5.11 Å². The molecule has 1 aromatic carbocycles. The lowest BCUT2D eigenvalue weighted by molar-refractivity contribution is 0.135. The standard InChI is InChI=1S/C16H24O/c1-9(2)13-8-11(4)12(5)16-14(13)6-10(3)7-15(16)17/h8-10,15,17H,6-7H2,1-5H3. The Hall–Kier alpha value is -0.820. The predicted octanol–water partition coefficient (Wildman–Crippen LogP) is 4.04. The summed E-state index contributed by atoms with van der Waals surface area (Å²) in [5.41, 5.74) is 6.71. The SMILES string of the molecule is Cc1cc(C(C)C)c2c(c1C)C(O)CC(C)C2. The van der Waals surface area contributed by atoms with Gasteiger partial charge in [-0.25, -0.2) is 0 Å². The molecule has 1 aliphatic rings. The van der Waals surface area contributed by atoms with Gasteiger partial charge in [-0.05, 0) is 66.3 Å². The summed E-state index contributed by atoms with van der Waals surface area (Å²) in [7, 11) is 0. The molecule has 1 nitrogen and oxygen atoms in total.